The molecule has 0 saturated carbocycles. The van der Waals surface area contributed by atoms with Crippen LogP contribution < -0.4 is 5.32 Å². The highest BCUT2D eigenvalue weighted by Crippen LogP contribution is 2.25. The van der Waals surface area contributed by atoms with Crippen LogP contribution in [0.2, 0.25) is 0 Å². The molecule has 0 bridgehead atoms. The first kappa shape index (κ1) is 13.6. The Kier molecular flexibility index (Phi) is 4.74. The van der Waals surface area contributed by atoms with Crippen molar-refractivity contribution in [1.82, 2.24) is 5.32 Å². The summed E-state index contributed by atoms with van der Waals surface area (Å²) < 4.78 is 0. The van der Waals surface area contributed by atoms with Gasteiger partial charge in [0.05, 0.1) is 6.42 Å². The summed E-state index contributed by atoms with van der Waals surface area (Å²) in [6.45, 7) is 0.0549. The van der Waals surface area contributed by atoms with Crippen LogP contribution in [-0.2, 0) is 9.59 Å². The number of carboxylic acids is 1. The summed E-state index contributed by atoms with van der Waals surface area (Å²) in [4.78, 5) is 21.5. The van der Waals surface area contributed by atoms with Crippen molar-refractivity contribution in [3.05, 3.63) is 29.8 Å². The number of hydrogen-bond donors (Lipinski definition) is 4. The minimum Gasteiger partial charge on any atom is -0.504 e. The van der Waals surface area contributed by atoms with Gasteiger partial charge in [0.15, 0.2) is 11.5 Å². The summed E-state index contributed by atoms with van der Waals surface area (Å²) in [6, 6.07) is 4.13. The van der Waals surface area contributed by atoms with E-state index in [-0.39, 0.29) is 24.5 Å². The van der Waals surface area contributed by atoms with Crippen LogP contribution in [0.15, 0.2) is 24.3 Å². The van der Waals surface area contributed by atoms with E-state index >= 15 is 0 Å². The van der Waals surface area contributed by atoms with Crippen LogP contribution in [0.1, 0.15) is 12.0 Å². The molecule has 1 amide bonds. The predicted molar refractivity (Wildman–Crippen MR) is 64.1 cm³/mol. The first-order valence-corrected chi connectivity index (χ1v) is 5.18. The first-order chi connectivity index (χ1) is 8.49. The van der Waals surface area contributed by atoms with Gasteiger partial charge >= 0.3 is 5.97 Å². The standard InChI is InChI=1S/C12H13NO5/c14-9-3-1-8(7-10(9)15)2-4-11(16)13-6-5-12(17)18/h1-4,7,14-15H,5-6H2,(H,13,16)(H,17,18)/b4-2+. The fraction of sp³-hybridized carbons (Fsp3) is 0.167. The molecule has 6 heteroatoms. The lowest BCUT2D eigenvalue weighted by molar-refractivity contribution is -0.136. The van der Waals surface area contributed by atoms with E-state index in [1.165, 1.54) is 30.4 Å². The van der Waals surface area contributed by atoms with Gasteiger partial charge in [-0.05, 0) is 23.8 Å². The first-order valence-electron chi connectivity index (χ1n) is 5.18. The number of hydrogen-bond acceptors (Lipinski definition) is 4. The maximum absolute atomic E-state index is 11.2. The summed E-state index contributed by atoms with van der Waals surface area (Å²) in [6.07, 6.45) is 2.52. The molecule has 1 aromatic carbocycles. The maximum atomic E-state index is 11.2. The number of phenols is 2. The van der Waals surface area contributed by atoms with E-state index in [4.69, 9.17) is 10.2 Å². The zero-order chi connectivity index (χ0) is 13.5. The molecule has 1 rings (SSSR count). The lowest BCUT2D eigenvalue weighted by Gasteiger charge is -2.00. The zero-order valence-corrected chi connectivity index (χ0v) is 9.46. The Morgan fingerprint density at radius 3 is 2.56 bits per heavy atom. The minimum absolute atomic E-state index is 0.0549. The molecule has 0 atom stereocenters. The average molecular weight is 251 g/mol. The topological polar surface area (TPSA) is 107 Å². The van der Waals surface area contributed by atoms with Crippen molar-refractivity contribution in [2.45, 2.75) is 6.42 Å². The third kappa shape index (κ3) is 4.56. The SMILES string of the molecule is O=C(O)CCNC(=O)/C=C/c1ccc(O)c(O)c1. The van der Waals surface area contributed by atoms with Gasteiger partial charge in [0.1, 0.15) is 0 Å². The molecule has 0 aliphatic rings. The fourth-order valence-electron chi connectivity index (χ4n) is 1.17. The van der Waals surface area contributed by atoms with Crippen LogP contribution in [0.4, 0.5) is 0 Å². The molecule has 0 spiro atoms. The number of benzene rings is 1. The second-order valence-corrected chi connectivity index (χ2v) is 3.52. The van der Waals surface area contributed by atoms with Gasteiger partial charge in [0, 0.05) is 12.6 Å². The van der Waals surface area contributed by atoms with Crippen LogP contribution >= 0.6 is 0 Å². The molecule has 1 aromatic rings. The second kappa shape index (κ2) is 6.29. The summed E-state index contributed by atoms with van der Waals surface area (Å²) in [7, 11) is 0. The van der Waals surface area contributed by atoms with Crippen molar-refractivity contribution in [2.75, 3.05) is 6.54 Å². The Morgan fingerprint density at radius 2 is 1.94 bits per heavy atom. The van der Waals surface area contributed by atoms with E-state index in [1.54, 1.807) is 0 Å². The lowest BCUT2D eigenvalue weighted by atomic mass is 10.2. The van der Waals surface area contributed by atoms with Gasteiger partial charge in [-0.3, -0.25) is 9.59 Å². The number of carbonyl (C=O) groups is 2. The number of amides is 1. The van der Waals surface area contributed by atoms with Crippen molar-refractivity contribution in [3.8, 4) is 11.5 Å². The number of nitrogens with one attached hydrogen (secondary N) is 1. The Morgan fingerprint density at radius 1 is 1.22 bits per heavy atom. The van der Waals surface area contributed by atoms with Gasteiger partial charge in [0.25, 0.3) is 0 Å². The van der Waals surface area contributed by atoms with E-state index in [0.717, 1.165) is 0 Å². The predicted octanol–water partition coefficient (Wildman–Crippen LogP) is 0.702. The summed E-state index contributed by atoms with van der Waals surface area (Å²) in [5, 5.41) is 29.1. The quantitative estimate of drug-likeness (QED) is 0.455. The molecule has 4 N–H and O–H groups in total. The molecular formula is C12H13NO5. The number of rotatable bonds is 5. The zero-order valence-electron chi connectivity index (χ0n) is 9.46. The third-order valence-electron chi connectivity index (χ3n) is 2.06. The van der Waals surface area contributed by atoms with E-state index in [1.807, 2.05) is 0 Å². The number of carboxylic acid groups (broad SMARTS) is 1. The van der Waals surface area contributed by atoms with Gasteiger partial charge in [-0.1, -0.05) is 6.07 Å². The number of carbonyl (C=O) groups excluding carboxylic acids is 1. The highest BCUT2D eigenvalue weighted by Gasteiger charge is 2.00. The Hall–Kier alpha value is -2.50. The number of aromatic hydroxyl groups is 2. The summed E-state index contributed by atoms with van der Waals surface area (Å²) in [5.41, 5.74) is 0.540. The monoisotopic (exact) mass is 251 g/mol. The second-order valence-electron chi connectivity index (χ2n) is 3.52. The van der Waals surface area contributed by atoms with Gasteiger partial charge < -0.3 is 20.6 Å². The van der Waals surface area contributed by atoms with E-state index < -0.39 is 11.9 Å². The highest BCUT2D eigenvalue weighted by atomic mass is 16.4. The minimum atomic E-state index is -0.984. The van der Waals surface area contributed by atoms with Crippen molar-refractivity contribution in [3.63, 3.8) is 0 Å². The van der Waals surface area contributed by atoms with Gasteiger partial charge in [0.2, 0.25) is 5.91 Å². The smallest absolute Gasteiger partial charge is 0.305 e. The van der Waals surface area contributed by atoms with Gasteiger partial charge in [-0.15, -0.1) is 0 Å². The van der Waals surface area contributed by atoms with Gasteiger partial charge in [-0.25, -0.2) is 0 Å². The van der Waals surface area contributed by atoms with Crippen LogP contribution in [-0.4, -0.2) is 33.7 Å². The van der Waals surface area contributed by atoms with Crippen molar-refractivity contribution in [1.29, 1.82) is 0 Å². The molecule has 0 aliphatic carbocycles. The van der Waals surface area contributed by atoms with Crippen molar-refractivity contribution < 1.29 is 24.9 Å². The van der Waals surface area contributed by atoms with Crippen LogP contribution in [0.5, 0.6) is 11.5 Å². The summed E-state index contributed by atoms with van der Waals surface area (Å²) in [5.74, 6) is -1.92. The van der Waals surface area contributed by atoms with E-state index in [9.17, 15) is 14.7 Å². The molecule has 96 valence electrons. The van der Waals surface area contributed by atoms with Gasteiger partial charge in [-0.2, -0.15) is 0 Å². The lowest BCUT2D eigenvalue weighted by Crippen LogP contribution is -2.23. The molecule has 6 nitrogen and oxygen atoms in total. The fourth-order valence-corrected chi connectivity index (χ4v) is 1.17. The average Bonchev–Trinajstić information content (AvgIpc) is 2.30. The highest BCUT2D eigenvalue weighted by molar-refractivity contribution is 5.91. The van der Waals surface area contributed by atoms with Crippen LogP contribution in [0.25, 0.3) is 6.08 Å². The molecule has 0 radical (unpaired) electrons. The molecule has 18 heavy (non-hydrogen) atoms. The molecular weight excluding hydrogens is 238 g/mol. The van der Waals surface area contributed by atoms with E-state index in [2.05, 4.69) is 5.32 Å². The van der Waals surface area contributed by atoms with Crippen LogP contribution in [0, 0.1) is 0 Å². The molecule has 0 aromatic heterocycles. The molecule has 0 heterocycles. The molecule has 0 aliphatic heterocycles. The molecule has 0 fully saturated rings. The summed E-state index contributed by atoms with van der Waals surface area (Å²) >= 11 is 0. The number of phenolic OH excluding ortho intramolecular Hbond substituents is 2. The number of aliphatic carboxylic acids is 1. The Bertz CT molecular complexity index is 481. The molecule has 0 saturated heterocycles. The molecule has 0 unspecified atom stereocenters. The van der Waals surface area contributed by atoms with Crippen molar-refractivity contribution in [2.24, 2.45) is 0 Å². The van der Waals surface area contributed by atoms with E-state index in [0.29, 0.717) is 5.56 Å². The third-order valence-corrected chi connectivity index (χ3v) is 2.06. The Labute approximate surface area is 103 Å². The van der Waals surface area contributed by atoms with Crippen LogP contribution in [0.3, 0.4) is 0 Å². The maximum Gasteiger partial charge on any atom is 0.305 e. The normalized spacial score (nSPS) is 10.4. The Balaban J connectivity index is 2.50. The largest absolute Gasteiger partial charge is 0.504 e. The van der Waals surface area contributed by atoms with Crippen molar-refractivity contribution >= 4 is 18.0 Å².